The molecule has 0 saturated heterocycles. The number of halogens is 1. The summed E-state index contributed by atoms with van der Waals surface area (Å²) in [6, 6.07) is 12.4. The number of esters is 1. The maximum atomic E-state index is 12.6. The van der Waals surface area contributed by atoms with E-state index in [-0.39, 0.29) is 12.5 Å². The van der Waals surface area contributed by atoms with Crippen molar-refractivity contribution in [2.24, 2.45) is 7.05 Å². The van der Waals surface area contributed by atoms with E-state index >= 15 is 0 Å². The van der Waals surface area contributed by atoms with E-state index in [0.717, 1.165) is 10.9 Å². The molecule has 1 N–H and O–H groups in total. The Bertz CT molecular complexity index is 1050. The van der Waals surface area contributed by atoms with Crippen LogP contribution in [0.3, 0.4) is 0 Å². The van der Waals surface area contributed by atoms with Crippen molar-refractivity contribution < 1.29 is 23.8 Å². The first-order valence-electron chi connectivity index (χ1n) is 8.60. The molecule has 0 radical (unpaired) electrons. The molecule has 0 saturated carbocycles. The number of hydrogen-bond acceptors (Lipinski definition) is 5. The van der Waals surface area contributed by atoms with Crippen molar-refractivity contribution in [1.82, 2.24) is 4.57 Å². The van der Waals surface area contributed by atoms with Crippen molar-refractivity contribution in [2.75, 3.05) is 12.1 Å². The Morgan fingerprint density at radius 1 is 1.18 bits per heavy atom. The molecule has 1 unspecified atom stereocenters. The molecule has 144 valence electrons. The minimum Gasteiger partial charge on any atom is -0.454 e. The largest absolute Gasteiger partial charge is 0.454 e. The molecule has 1 aliphatic heterocycles. The summed E-state index contributed by atoms with van der Waals surface area (Å²) in [5.74, 6) is 0.0201. The molecule has 0 fully saturated rings. The minimum absolute atomic E-state index is 0.145. The molecule has 28 heavy (non-hydrogen) atoms. The Morgan fingerprint density at radius 2 is 1.93 bits per heavy atom. The molecule has 1 aliphatic rings. The third kappa shape index (κ3) is 3.14. The normalized spacial score (nSPS) is 13.4. The quantitative estimate of drug-likeness (QED) is 0.675. The third-order valence-electron chi connectivity index (χ3n) is 4.53. The third-order valence-corrected chi connectivity index (χ3v) is 4.91. The predicted octanol–water partition coefficient (Wildman–Crippen LogP) is 3.74. The van der Waals surface area contributed by atoms with Crippen LogP contribution in [0.25, 0.3) is 10.9 Å². The highest BCUT2D eigenvalue weighted by Gasteiger charge is 2.25. The second-order valence-electron chi connectivity index (χ2n) is 6.34. The minimum atomic E-state index is -1.02. The van der Waals surface area contributed by atoms with E-state index < -0.39 is 18.0 Å². The maximum Gasteiger partial charge on any atom is 0.357 e. The Hall–Kier alpha value is -3.19. The molecule has 1 atom stereocenters. The molecule has 0 aliphatic carbocycles. The van der Waals surface area contributed by atoms with Gasteiger partial charge >= 0.3 is 5.97 Å². The molecular weight excluding hydrogens is 384 g/mol. The predicted molar refractivity (Wildman–Crippen MR) is 104 cm³/mol. The van der Waals surface area contributed by atoms with Gasteiger partial charge in [0, 0.05) is 29.7 Å². The van der Waals surface area contributed by atoms with Gasteiger partial charge in [0.05, 0.1) is 5.02 Å². The van der Waals surface area contributed by atoms with Crippen LogP contribution in [-0.2, 0) is 16.6 Å². The summed E-state index contributed by atoms with van der Waals surface area (Å²) in [4.78, 5) is 25.1. The van der Waals surface area contributed by atoms with E-state index in [1.807, 2.05) is 24.3 Å². The number of ether oxygens (including phenoxy) is 3. The van der Waals surface area contributed by atoms with E-state index in [1.165, 1.54) is 6.92 Å². The molecule has 0 spiro atoms. The second kappa shape index (κ2) is 7.09. The van der Waals surface area contributed by atoms with Gasteiger partial charge in [-0.1, -0.05) is 29.8 Å². The van der Waals surface area contributed by atoms with Crippen molar-refractivity contribution in [2.45, 2.75) is 13.0 Å². The van der Waals surface area contributed by atoms with Gasteiger partial charge in [-0.3, -0.25) is 4.79 Å². The summed E-state index contributed by atoms with van der Waals surface area (Å²) in [5.41, 5.74) is 1.52. The molecule has 2 aromatic carbocycles. The van der Waals surface area contributed by atoms with Crippen molar-refractivity contribution in [1.29, 1.82) is 0 Å². The Labute approximate surface area is 165 Å². The van der Waals surface area contributed by atoms with Gasteiger partial charge in [-0.05, 0) is 25.1 Å². The number of amides is 1. The zero-order chi connectivity index (χ0) is 19.8. The SMILES string of the molecule is CC(OC(=O)c1c(Cl)c2ccccc2n1C)C(=O)Nc1ccc2c(c1)OCO2. The van der Waals surface area contributed by atoms with Gasteiger partial charge in [0.2, 0.25) is 6.79 Å². The molecule has 2 heterocycles. The van der Waals surface area contributed by atoms with Gasteiger partial charge in [0.25, 0.3) is 5.91 Å². The lowest BCUT2D eigenvalue weighted by molar-refractivity contribution is -0.123. The van der Waals surface area contributed by atoms with Gasteiger partial charge < -0.3 is 24.1 Å². The standard InChI is InChI=1S/C20H17ClN2O5/c1-11(19(24)22-12-7-8-15-16(9-12)27-10-26-15)28-20(25)18-17(21)13-5-3-4-6-14(13)23(18)2/h3-9,11H,10H2,1-2H3,(H,22,24). The highest BCUT2D eigenvalue weighted by Crippen LogP contribution is 2.34. The molecule has 8 heteroatoms. The maximum absolute atomic E-state index is 12.6. The smallest absolute Gasteiger partial charge is 0.357 e. The van der Waals surface area contributed by atoms with Gasteiger partial charge in [-0.15, -0.1) is 0 Å². The highest BCUT2D eigenvalue weighted by atomic mass is 35.5. The van der Waals surface area contributed by atoms with Gasteiger partial charge in [0.15, 0.2) is 17.6 Å². The van der Waals surface area contributed by atoms with Crippen LogP contribution in [0.1, 0.15) is 17.4 Å². The monoisotopic (exact) mass is 400 g/mol. The number of para-hydroxylation sites is 1. The van der Waals surface area contributed by atoms with Crippen LogP contribution in [-0.4, -0.2) is 29.3 Å². The number of carbonyl (C=O) groups excluding carboxylic acids is 2. The van der Waals surface area contributed by atoms with Crippen molar-refractivity contribution in [3.63, 3.8) is 0 Å². The fourth-order valence-corrected chi connectivity index (χ4v) is 3.43. The van der Waals surface area contributed by atoms with Crippen LogP contribution in [0.4, 0.5) is 5.69 Å². The average Bonchev–Trinajstić information content (AvgIpc) is 3.24. The van der Waals surface area contributed by atoms with E-state index in [9.17, 15) is 9.59 Å². The first-order chi connectivity index (χ1) is 13.5. The van der Waals surface area contributed by atoms with Crippen molar-refractivity contribution in [3.8, 4) is 11.5 Å². The summed E-state index contributed by atoms with van der Waals surface area (Å²) in [6.07, 6.45) is -1.02. The lowest BCUT2D eigenvalue weighted by Gasteiger charge is -2.14. The molecule has 3 aromatic rings. The Morgan fingerprint density at radius 3 is 2.71 bits per heavy atom. The van der Waals surface area contributed by atoms with Gasteiger partial charge in [-0.25, -0.2) is 4.79 Å². The van der Waals surface area contributed by atoms with Crippen LogP contribution in [0.15, 0.2) is 42.5 Å². The van der Waals surface area contributed by atoms with Crippen LogP contribution >= 0.6 is 11.6 Å². The molecule has 7 nitrogen and oxygen atoms in total. The zero-order valence-electron chi connectivity index (χ0n) is 15.2. The van der Waals surface area contributed by atoms with E-state index in [4.69, 9.17) is 25.8 Å². The second-order valence-corrected chi connectivity index (χ2v) is 6.72. The van der Waals surface area contributed by atoms with Crippen LogP contribution in [0.2, 0.25) is 5.02 Å². The fraction of sp³-hybridized carbons (Fsp3) is 0.200. The van der Waals surface area contributed by atoms with E-state index in [0.29, 0.717) is 22.2 Å². The first-order valence-corrected chi connectivity index (χ1v) is 8.98. The molecule has 1 aromatic heterocycles. The number of benzene rings is 2. The summed E-state index contributed by atoms with van der Waals surface area (Å²) in [6.45, 7) is 1.64. The average molecular weight is 401 g/mol. The van der Waals surface area contributed by atoms with Crippen LogP contribution < -0.4 is 14.8 Å². The molecular formula is C20H17ClN2O5. The lowest BCUT2D eigenvalue weighted by atomic mass is 10.2. The topological polar surface area (TPSA) is 78.8 Å². The zero-order valence-corrected chi connectivity index (χ0v) is 15.9. The Kier molecular flexibility index (Phi) is 4.60. The van der Waals surface area contributed by atoms with E-state index in [2.05, 4.69) is 5.32 Å². The summed E-state index contributed by atoms with van der Waals surface area (Å²) >= 11 is 6.36. The molecule has 0 bridgehead atoms. The number of hydrogen-bond donors (Lipinski definition) is 1. The number of rotatable bonds is 4. The van der Waals surface area contributed by atoms with Crippen molar-refractivity contribution in [3.05, 3.63) is 53.2 Å². The van der Waals surface area contributed by atoms with Crippen LogP contribution in [0, 0.1) is 0 Å². The molecule has 4 rings (SSSR count). The number of fused-ring (bicyclic) bond motifs is 2. The number of anilines is 1. The fourth-order valence-electron chi connectivity index (χ4n) is 3.06. The summed E-state index contributed by atoms with van der Waals surface area (Å²) in [5, 5.41) is 3.74. The Balaban J connectivity index is 1.48. The van der Waals surface area contributed by atoms with Crippen LogP contribution in [0.5, 0.6) is 11.5 Å². The van der Waals surface area contributed by atoms with Gasteiger partial charge in [-0.2, -0.15) is 0 Å². The summed E-state index contributed by atoms with van der Waals surface area (Å²) < 4.78 is 17.5. The number of aryl methyl sites for hydroxylation is 1. The van der Waals surface area contributed by atoms with E-state index in [1.54, 1.807) is 29.8 Å². The first kappa shape index (κ1) is 18.2. The van der Waals surface area contributed by atoms with Gasteiger partial charge in [0.1, 0.15) is 5.69 Å². The summed E-state index contributed by atoms with van der Waals surface area (Å²) in [7, 11) is 1.72. The van der Waals surface area contributed by atoms with Crippen molar-refractivity contribution >= 4 is 40.1 Å². The number of nitrogens with one attached hydrogen (secondary N) is 1. The highest BCUT2D eigenvalue weighted by molar-refractivity contribution is 6.38. The molecule has 1 amide bonds. The number of nitrogens with zero attached hydrogens (tertiary/aromatic N) is 1. The number of aromatic nitrogens is 1. The lowest BCUT2D eigenvalue weighted by Crippen LogP contribution is -2.30. The number of carbonyl (C=O) groups is 2.